The summed E-state index contributed by atoms with van der Waals surface area (Å²) in [5, 5.41) is 0.426. The minimum atomic E-state index is -0.892. The summed E-state index contributed by atoms with van der Waals surface area (Å²) in [5.41, 5.74) is 0.00181. The Kier molecular flexibility index (Phi) is 2.56. The number of nitrogens with zero attached hydrogens (tertiary/aromatic N) is 2. The van der Waals surface area contributed by atoms with Crippen LogP contribution in [0, 0.1) is 11.6 Å². The van der Waals surface area contributed by atoms with Gasteiger partial charge in [0.25, 0.3) is 0 Å². The van der Waals surface area contributed by atoms with E-state index in [2.05, 4.69) is 15.0 Å². The fourth-order valence-electron chi connectivity index (χ4n) is 1.90. The number of rotatable bonds is 2. The zero-order chi connectivity index (χ0) is 13.4. The number of hydrogen-bond acceptors (Lipinski definition) is 3. The largest absolute Gasteiger partial charge is 0.345 e. The second-order valence-electron chi connectivity index (χ2n) is 3.91. The smallest absolute Gasteiger partial charge is 0.201 e. The average molecular weight is 259 g/mol. The molecule has 0 saturated heterocycles. The van der Waals surface area contributed by atoms with Gasteiger partial charge in [-0.05, 0) is 12.1 Å². The third kappa shape index (κ3) is 1.77. The van der Waals surface area contributed by atoms with Crippen LogP contribution in [-0.2, 0) is 0 Å². The number of aromatic nitrogens is 3. The Balaban J connectivity index is 2.20. The van der Waals surface area contributed by atoms with Crippen molar-refractivity contribution in [3.63, 3.8) is 0 Å². The fraction of sp³-hybridized carbons (Fsp3) is 0. The normalized spacial score (nSPS) is 10.8. The first-order valence-electron chi connectivity index (χ1n) is 5.44. The number of carbonyl (C=O) groups is 1. The first kappa shape index (κ1) is 11.5. The number of fused-ring (bicyclic) bond motifs is 1. The van der Waals surface area contributed by atoms with Gasteiger partial charge in [0.05, 0.1) is 11.1 Å². The van der Waals surface area contributed by atoms with Crippen molar-refractivity contribution in [1.82, 2.24) is 15.0 Å². The molecule has 6 heteroatoms. The Bertz CT molecular complexity index is 762. The summed E-state index contributed by atoms with van der Waals surface area (Å²) in [6, 6.07) is 3.29. The van der Waals surface area contributed by atoms with E-state index < -0.39 is 23.0 Å². The highest BCUT2D eigenvalue weighted by Crippen LogP contribution is 2.22. The lowest BCUT2D eigenvalue weighted by atomic mass is 10.0. The summed E-state index contributed by atoms with van der Waals surface area (Å²) < 4.78 is 27.2. The molecule has 0 amide bonds. The van der Waals surface area contributed by atoms with Crippen LogP contribution in [0.2, 0.25) is 0 Å². The minimum absolute atomic E-state index is 0.139. The van der Waals surface area contributed by atoms with Crippen LogP contribution >= 0.6 is 0 Å². The number of hydrogen-bond donors (Lipinski definition) is 1. The maximum atomic E-state index is 13.6. The standard InChI is InChI=1S/C13H7F2N3O/c14-9-2-1-3-10(15)11(9)12(19)7-5-17-13-8(7)4-16-6-18-13/h1-6H,(H,16,17,18). The highest BCUT2D eigenvalue weighted by molar-refractivity contribution is 6.16. The molecule has 94 valence electrons. The molecule has 0 aliphatic heterocycles. The first-order valence-corrected chi connectivity index (χ1v) is 5.44. The number of nitrogens with one attached hydrogen (secondary N) is 1. The lowest BCUT2D eigenvalue weighted by Crippen LogP contribution is -2.06. The second kappa shape index (κ2) is 4.24. The van der Waals surface area contributed by atoms with Crippen LogP contribution in [-0.4, -0.2) is 20.7 Å². The van der Waals surface area contributed by atoms with E-state index in [0.717, 1.165) is 12.1 Å². The molecule has 0 bridgehead atoms. The molecule has 0 aliphatic carbocycles. The van der Waals surface area contributed by atoms with E-state index in [4.69, 9.17) is 0 Å². The second-order valence-corrected chi connectivity index (χ2v) is 3.91. The van der Waals surface area contributed by atoms with Crippen LogP contribution in [0.1, 0.15) is 15.9 Å². The summed E-state index contributed by atoms with van der Waals surface area (Å²) in [6.45, 7) is 0. The number of benzene rings is 1. The number of aromatic amines is 1. The predicted molar refractivity (Wildman–Crippen MR) is 63.7 cm³/mol. The van der Waals surface area contributed by atoms with Gasteiger partial charge in [0, 0.05) is 17.8 Å². The van der Waals surface area contributed by atoms with Crippen molar-refractivity contribution in [2.45, 2.75) is 0 Å². The van der Waals surface area contributed by atoms with Crippen molar-refractivity contribution in [2.75, 3.05) is 0 Å². The number of carbonyl (C=O) groups excluding carboxylic acids is 1. The van der Waals surface area contributed by atoms with Gasteiger partial charge in [0.15, 0.2) is 0 Å². The molecule has 1 N–H and O–H groups in total. The molecule has 0 aliphatic rings. The summed E-state index contributed by atoms with van der Waals surface area (Å²) in [5.74, 6) is -2.52. The van der Waals surface area contributed by atoms with Crippen LogP contribution in [0.4, 0.5) is 8.78 Å². The zero-order valence-corrected chi connectivity index (χ0v) is 9.52. The van der Waals surface area contributed by atoms with Crippen LogP contribution in [0.15, 0.2) is 36.9 Å². The molecular weight excluding hydrogens is 252 g/mol. The maximum absolute atomic E-state index is 13.6. The van der Waals surface area contributed by atoms with Gasteiger partial charge < -0.3 is 4.98 Å². The highest BCUT2D eigenvalue weighted by Gasteiger charge is 2.21. The van der Waals surface area contributed by atoms with Gasteiger partial charge >= 0.3 is 0 Å². The summed E-state index contributed by atoms with van der Waals surface area (Å²) in [6.07, 6.45) is 4.11. The lowest BCUT2D eigenvalue weighted by molar-refractivity contribution is 0.103. The maximum Gasteiger partial charge on any atom is 0.201 e. The number of halogens is 2. The van der Waals surface area contributed by atoms with Crippen LogP contribution < -0.4 is 0 Å². The van der Waals surface area contributed by atoms with E-state index in [0.29, 0.717) is 11.0 Å². The molecule has 2 aromatic heterocycles. The van der Waals surface area contributed by atoms with Crippen molar-refractivity contribution < 1.29 is 13.6 Å². The molecule has 0 fully saturated rings. The van der Waals surface area contributed by atoms with Crippen LogP contribution in [0.25, 0.3) is 11.0 Å². The molecule has 19 heavy (non-hydrogen) atoms. The van der Waals surface area contributed by atoms with Gasteiger partial charge in [0.2, 0.25) is 5.78 Å². The Morgan fingerprint density at radius 2 is 1.95 bits per heavy atom. The van der Waals surface area contributed by atoms with Gasteiger partial charge in [-0.3, -0.25) is 4.79 Å². The van der Waals surface area contributed by atoms with Gasteiger partial charge in [-0.25, -0.2) is 18.7 Å². The van der Waals surface area contributed by atoms with Crippen molar-refractivity contribution in [3.8, 4) is 0 Å². The van der Waals surface area contributed by atoms with E-state index in [9.17, 15) is 13.6 Å². The van der Waals surface area contributed by atoms with E-state index in [1.54, 1.807) is 0 Å². The van der Waals surface area contributed by atoms with Crippen molar-refractivity contribution in [2.24, 2.45) is 0 Å². The molecular formula is C13H7F2N3O. The number of H-pyrrole nitrogens is 1. The molecule has 0 unspecified atom stereocenters. The molecule has 0 atom stereocenters. The van der Waals surface area contributed by atoms with E-state index in [-0.39, 0.29) is 5.56 Å². The highest BCUT2D eigenvalue weighted by atomic mass is 19.1. The van der Waals surface area contributed by atoms with Gasteiger partial charge in [-0.1, -0.05) is 6.07 Å². The van der Waals surface area contributed by atoms with Crippen LogP contribution in [0.3, 0.4) is 0 Å². The SMILES string of the molecule is O=C(c1c(F)cccc1F)c1c[nH]c2ncncc12. The quantitative estimate of drug-likeness (QED) is 0.719. The Labute approximate surface area is 106 Å². The van der Waals surface area contributed by atoms with E-state index >= 15 is 0 Å². The topological polar surface area (TPSA) is 58.6 Å². The third-order valence-electron chi connectivity index (χ3n) is 2.79. The zero-order valence-electron chi connectivity index (χ0n) is 9.52. The van der Waals surface area contributed by atoms with Gasteiger partial charge in [-0.15, -0.1) is 0 Å². The summed E-state index contributed by atoms with van der Waals surface area (Å²) in [7, 11) is 0. The van der Waals surface area contributed by atoms with Crippen molar-refractivity contribution in [3.05, 3.63) is 59.7 Å². The number of ketones is 1. The van der Waals surface area contributed by atoms with E-state index in [1.807, 2.05) is 0 Å². The van der Waals surface area contributed by atoms with Gasteiger partial charge in [0.1, 0.15) is 23.6 Å². The van der Waals surface area contributed by atoms with Gasteiger partial charge in [-0.2, -0.15) is 0 Å². The minimum Gasteiger partial charge on any atom is -0.345 e. The molecule has 2 heterocycles. The molecule has 3 rings (SSSR count). The third-order valence-corrected chi connectivity index (χ3v) is 2.79. The molecule has 4 nitrogen and oxygen atoms in total. The molecule has 3 aromatic rings. The molecule has 0 spiro atoms. The summed E-state index contributed by atoms with van der Waals surface area (Å²) in [4.78, 5) is 22.7. The predicted octanol–water partition coefficient (Wildman–Crippen LogP) is 2.47. The first-order chi connectivity index (χ1) is 9.18. The molecule has 0 saturated carbocycles. The summed E-state index contributed by atoms with van der Waals surface area (Å²) >= 11 is 0. The monoisotopic (exact) mass is 259 g/mol. The van der Waals surface area contributed by atoms with Crippen molar-refractivity contribution >= 4 is 16.8 Å². The van der Waals surface area contributed by atoms with E-state index in [1.165, 1.54) is 24.8 Å². The van der Waals surface area contributed by atoms with Crippen molar-refractivity contribution in [1.29, 1.82) is 0 Å². The lowest BCUT2D eigenvalue weighted by Gasteiger charge is -2.02. The Hall–Kier alpha value is -2.63. The molecule has 0 radical (unpaired) electrons. The van der Waals surface area contributed by atoms with Crippen LogP contribution in [0.5, 0.6) is 0 Å². The molecule has 1 aromatic carbocycles. The fourth-order valence-corrected chi connectivity index (χ4v) is 1.90. The Morgan fingerprint density at radius 1 is 1.21 bits per heavy atom. The average Bonchev–Trinajstić information content (AvgIpc) is 2.82. The Morgan fingerprint density at radius 3 is 2.68 bits per heavy atom.